The van der Waals surface area contributed by atoms with Gasteiger partial charge in [-0.15, -0.1) is 0 Å². The van der Waals surface area contributed by atoms with E-state index in [1.54, 1.807) is 30.5 Å². The summed E-state index contributed by atoms with van der Waals surface area (Å²) in [4.78, 5) is 27.3. The maximum absolute atomic E-state index is 12.5. The lowest BCUT2D eigenvalue weighted by molar-refractivity contribution is -0.140. The van der Waals surface area contributed by atoms with Crippen molar-refractivity contribution in [2.75, 3.05) is 0 Å². The summed E-state index contributed by atoms with van der Waals surface area (Å²) >= 11 is 1.55. The molecule has 3 rings (SSSR count). The number of para-hydroxylation sites is 1. The third-order valence-electron chi connectivity index (χ3n) is 3.47. The molecule has 0 saturated carbocycles. The van der Waals surface area contributed by atoms with Gasteiger partial charge in [-0.05, 0) is 41.5 Å². The predicted octanol–water partition coefficient (Wildman–Crippen LogP) is 4.06. The molecule has 4 nitrogen and oxygen atoms in total. The molecule has 1 N–H and O–H groups in total. The summed E-state index contributed by atoms with van der Waals surface area (Å²) in [5, 5.41) is 4.67. The van der Waals surface area contributed by atoms with Gasteiger partial charge in [0, 0.05) is 28.7 Å². The maximum Gasteiger partial charge on any atom is 0.331 e. The smallest absolute Gasteiger partial charge is 0.331 e. The molecule has 0 bridgehead atoms. The fraction of sp³-hybridized carbons (Fsp3) is 0.111. The number of aromatic nitrogens is 1. The molecule has 2 aromatic heterocycles. The molecule has 3 aromatic rings. The molecule has 5 heteroatoms. The first-order valence-corrected chi connectivity index (χ1v) is 8.10. The number of benzene rings is 1. The molecule has 1 atom stereocenters. The van der Waals surface area contributed by atoms with Gasteiger partial charge in [-0.2, -0.15) is 11.3 Å². The zero-order chi connectivity index (χ0) is 16.2. The second-order valence-corrected chi connectivity index (χ2v) is 5.86. The van der Waals surface area contributed by atoms with Crippen molar-refractivity contribution in [3.05, 3.63) is 64.5 Å². The van der Waals surface area contributed by atoms with E-state index in [4.69, 9.17) is 4.74 Å². The van der Waals surface area contributed by atoms with Gasteiger partial charge in [-0.1, -0.05) is 18.2 Å². The van der Waals surface area contributed by atoms with Gasteiger partial charge in [0.25, 0.3) is 0 Å². The number of ketones is 1. The van der Waals surface area contributed by atoms with Crippen molar-refractivity contribution < 1.29 is 14.3 Å². The van der Waals surface area contributed by atoms with Crippen LogP contribution >= 0.6 is 11.3 Å². The van der Waals surface area contributed by atoms with Gasteiger partial charge in [-0.25, -0.2) is 4.79 Å². The van der Waals surface area contributed by atoms with E-state index < -0.39 is 12.1 Å². The van der Waals surface area contributed by atoms with Gasteiger partial charge < -0.3 is 9.72 Å². The Morgan fingerprint density at radius 3 is 2.87 bits per heavy atom. The number of rotatable bonds is 5. The van der Waals surface area contributed by atoms with Crippen molar-refractivity contribution in [3.8, 4) is 0 Å². The molecular weight excluding hydrogens is 310 g/mol. The number of H-pyrrole nitrogens is 1. The van der Waals surface area contributed by atoms with E-state index in [1.165, 1.54) is 6.08 Å². The molecule has 0 spiro atoms. The summed E-state index contributed by atoms with van der Waals surface area (Å²) in [6, 6.07) is 9.42. The number of ether oxygens (including phenoxy) is 1. The molecule has 0 aliphatic rings. The molecule has 23 heavy (non-hydrogen) atoms. The van der Waals surface area contributed by atoms with Crippen LogP contribution in [-0.4, -0.2) is 22.8 Å². The third-order valence-corrected chi connectivity index (χ3v) is 4.17. The zero-order valence-corrected chi connectivity index (χ0v) is 13.3. The fourth-order valence-corrected chi connectivity index (χ4v) is 2.92. The van der Waals surface area contributed by atoms with Gasteiger partial charge in [0.15, 0.2) is 6.10 Å². The Morgan fingerprint density at radius 1 is 1.26 bits per heavy atom. The van der Waals surface area contributed by atoms with Gasteiger partial charge in [0.1, 0.15) is 0 Å². The first-order chi connectivity index (χ1) is 11.1. The predicted molar refractivity (Wildman–Crippen MR) is 91.5 cm³/mol. The molecule has 0 aliphatic heterocycles. The number of nitrogens with one attached hydrogen (secondary N) is 1. The summed E-state index contributed by atoms with van der Waals surface area (Å²) in [5.41, 5.74) is 2.34. The highest BCUT2D eigenvalue weighted by atomic mass is 32.1. The first-order valence-electron chi connectivity index (χ1n) is 7.16. The normalized spacial score (nSPS) is 12.6. The Hall–Kier alpha value is -2.66. The highest BCUT2D eigenvalue weighted by molar-refractivity contribution is 7.08. The Labute approximate surface area is 137 Å². The van der Waals surface area contributed by atoms with Crippen LogP contribution in [0.5, 0.6) is 0 Å². The average Bonchev–Trinajstić information content (AvgIpc) is 3.21. The average molecular weight is 325 g/mol. The van der Waals surface area contributed by atoms with Gasteiger partial charge >= 0.3 is 5.97 Å². The molecule has 0 aliphatic carbocycles. The Morgan fingerprint density at radius 2 is 2.09 bits per heavy atom. The lowest BCUT2D eigenvalue weighted by Gasteiger charge is -2.10. The summed E-state index contributed by atoms with van der Waals surface area (Å²) in [6.45, 7) is 1.58. The van der Waals surface area contributed by atoms with Crippen molar-refractivity contribution >= 4 is 40.1 Å². The summed E-state index contributed by atoms with van der Waals surface area (Å²) in [6.07, 6.45) is 3.82. The standard InChI is InChI=1S/C18H15NO3S/c1-12(22-17(20)7-6-13-8-9-23-11-13)18(21)15-10-19-16-5-3-2-4-14(15)16/h2-12,19H,1H3/b7-6+/t12-/m0/s1. The van der Waals surface area contributed by atoms with Crippen LogP contribution in [0.25, 0.3) is 17.0 Å². The number of Topliss-reactive ketones (excluding diaryl/α,β-unsaturated/α-hetero) is 1. The lowest BCUT2D eigenvalue weighted by Crippen LogP contribution is -2.23. The molecule has 0 unspecified atom stereocenters. The minimum atomic E-state index is -0.839. The first kappa shape index (κ1) is 15.2. The van der Waals surface area contributed by atoms with Crippen molar-refractivity contribution in [2.24, 2.45) is 0 Å². The van der Waals surface area contributed by atoms with E-state index in [-0.39, 0.29) is 5.78 Å². The molecular formula is C18H15NO3S. The monoisotopic (exact) mass is 325 g/mol. The van der Waals surface area contributed by atoms with Crippen LogP contribution in [0.15, 0.2) is 53.4 Å². The van der Waals surface area contributed by atoms with Gasteiger partial charge in [-0.3, -0.25) is 4.79 Å². The number of carbonyl (C=O) groups is 2. The third kappa shape index (κ3) is 3.40. The number of esters is 1. The van der Waals surface area contributed by atoms with Crippen LogP contribution in [-0.2, 0) is 9.53 Å². The highest BCUT2D eigenvalue weighted by Crippen LogP contribution is 2.20. The van der Waals surface area contributed by atoms with E-state index in [1.807, 2.05) is 41.1 Å². The minimum absolute atomic E-state index is 0.222. The summed E-state index contributed by atoms with van der Waals surface area (Å²) < 4.78 is 5.20. The number of fused-ring (bicyclic) bond motifs is 1. The van der Waals surface area contributed by atoms with Crippen LogP contribution < -0.4 is 0 Å². The Kier molecular flexibility index (Phi) is 4.39. The number of carbonyl (C=O) groups excluding carboxylic acids is 2. The van der Waals surface area contributed by atoms with E-state index in [0.29, 0.717) is 5.56 Å². The maximum atomic E-state index is 12.5. The van der Waals surface area contributed by atoms with Gasteiger partial charge in [0.05, 0.1) is 0 Å². The molecule has 0 radical (unpaired) electrons. The summed E-state index contributed by atoms with van der Waals surface area (Å²) in [7, 11) is 0. The molecule has 0 fully saturated rings. The molecule has 0 amide bonds. The number of hydrogen-bond acceptors (Lipinski definition) is 4. The topological polar surface area (TPSA) is 59.2 Å². The van der Waals surface area contributed by atoms with Crippen LogP contribution in [0.4, 0.5) is 0 Å². The molecule has 2 heterocycles. The molecule has 0 saturated heterocycles. The highest BCUT2D eigenvalue weighted by Gasteiger charge is 2.21. The van der Waals surface area contributed by atoms with Crippen molar-refractivity contribution in [1.82, 2.24) is 4.98 Å². The number of thiophene rings is 1. The largest absolute Gasteiger partial charge is 0.451 e. The second kappa shape index (κ2) is 6.62. The fourth-order valence-electron chi connectivity index (χ4n) is 2.30. The van der Waals surface area contributed by atoms with Crippen LogP contribution in [0.2, 0.25) is 0 Å². The lowest BCUT2D eigenvalue weighted by atomic mass is 10.1. The summed E-state index contributed by atoms with van der Waals surface area (Å²) in [5.74, 6) is -0.753. The van der Waals surface area contributed by atoms with Crippen LogP contribution in [0, 0.1) is 0 Å². The number of aromatic amines is 1. The van der Waals surface area contributed by atoms with E-state index >= 15 is 0 Å². The van der Waals surface area contributed by atoms with E-state index in [9.17, 15) is 9.59 Å². The Balaban J connectivity index is 1.69. The molecule has 1 aromatic carbocycles. The van der Waals surface area contributed by atoms with Crippen LogP contribution in [0.1, 0.15) is 22.8 Å². The zero-order valence-electron chi connectivity index (χ0n) is 12.5. The Bertz CT molecular complexity index is 861. The van der Waals surface area contributed by atoms with Crippen LogP contribution in [0.3, 0.4) is 0 Å². The number of hydrogen-bond donors (Lipinski definition) is 1. The van der Waals surface area contributed by atoms with Crippen molar-refractivity contribution in [2.45, 2.75) is 13.0 Å². The second-order valence-electron chi connectivity index (χ2n) is 5.08. The van der Waals surface area contributed by atoms with Crippen molar-refractivity contribution in [1.29, 1.82) is 0 Å². The van der Waals surface area contributed by atoms with Gasteiger partial charge in [0.2, 0.25) is 5.78 Å². The van der Waals surface area contributed by atoms with E-state index in [2.05, 4.69) is 4.98 Å². The SMILES string of the molecule is C[C@H](OC(=O)/C=C/c1ccsc1)C(=O)c1c[nH]c2ccccc12. The molecule has 116 valence electrons. The van der Waals surface area contributed by atoms with E-state index in [0.717, 1.165) is 16.5 Å². The van der Waals surface area contributed by atoms with Crippen molar-refractivity contribution in [3.63, 3.8) is 0 Å². The quantitative estimate of drug-likeness (QED) is 0.437. The minimum Gasteiger partial charge on any atom is -0.451 e.